The molecule has 0 aliphatic carbocycles. The number of methoxy groups -OCH3 is 1. The van der Waals surface area contributed by atoms with E-state index >= 15 is 0 Å². The molecule has 0 atom stereocenters. The van der Waals surface area contributed by atoms with Gasteiger partial charge in [-0.05, 0) is 31.2 Å². The van der Waals surface area contributed by atoms with Gasteiger partial charge in [-0.25, -0.2) is 4.98 Å². The molecule has 0 saturated heterocycles. The van der Waals surface area contributed by atoms with Crippen molar-refractivity contribution in [2.45, 2.75) is 6.92 Å². The van der Waals surface area contributed by atoms with Crippen molar-refractivity contribution in [3.05, 3.63) is 35.5 Å². The molecule has 2 rings (SSSR count). The number of nitrogens with one attached hydrogen (secondary N) is 2. The SMILES string of the molecule is CCNc1cc(Cl)nc(Nc2ccc(OC)cc2)n1. The van der Waals surface area contributed by atoms with Gasteiger partial charge in [-0.3, -0.25) is 0 Å². The first kappa shape index (κ1) is 13.4. The number of aromatic nitrogens is 2. The van der Waals surface area contributed by atoms with Gasteiger partial charge in [-0.1, -0.05) is 11.6 Å². The third kappa shape index (κ3) is 3.72. The topological polar surface area (TPSA) is 59.1 Å². The summed E-state index contributed by atoms with van der Waals surface area (Å²) >= 11 is 5.95. The number of ether oxygens (including phenoxy) is 1. The van der Waals surface area contributed by atoms with Crippen molar-refractivity contribution in [1.82, 2.24) is 9.97 Å². The first-order valence-corrected chi connectivity index (χ1v) is 6.28. The molecular formula is C13H15ClN4O. The Hall–Kier alpha value is -2.01. The Balaban J connectivity index is 2.17. The number of hydrogen-bond acceptors (Lipinski definition) is 5. The van der Waals surface area contributed by atoms with E-state index in [0.29, 0.717) is 16.9 Å². The lowest BCUT2D eigenvalue weighted by Crippen LogP contribution is -2.03. The second-order valence-electron chi connectivity index (χ2n) is 3.78. The Labute approximate surface area is 117 Å². The first-order chi connectivity index (χ1) is 9.21. The van der Waals surface area contributed by atoms with Crippen LogP contribution in [0.4, 0.5) is 17.5 Å². The summed E-state index contributed by atoms with van der Waals surface area (Å²) in [4.78, 5) is 8.44. The van der Waals surface area contributed by atoms with Crippen LogP contribution in [0, 0.1) is 0 Å². The zero-order chi connectivity index (χ0) is 13.7. The van der Waals surface area contributed by atoms with Gasteiger partial charge in [0.25, 0.3) is 0 Å². The molecule has 2 N–H and O–H groups in total. The fraction of sp³-hybridized carbons (Fsp3) is 0.231. The molecule has 19 heavy (non-hydrogen) atoms. The van der Waals surface area contributed by atoms with E-state index in [0.717, 1.165) is 18.0 Å². The molecule has 0 fully saturated rings. The summed E-state index contributed by atoms with van der Waals surface area (Å²) in [7, 11) is 1.63. The normalized spacial score (nSPS) is 10.1. The zero-order valence-corrected chi connectivity index (χ0v) is 11.5. The molecule has 0 spiro atoms. The van der Waals surface area contributed by atoms with E-state index in [1.54, 1.807) is 13.2 Å². The Bertz CT molecular complexity index is 545. The van der Waals surface area contributed by atoms with E-state index in [2.05, 4.69) is 20.6 Å². The lowest BCUT2D eigenvalue weighted by atomic mass is 10.3. The maximum Gasteiger partial charge on any atom is 0.230 e. The molecule has 0 saturated carbocycles. The Morgan fingerprint density at radius 2 is 1.95 bits per heavy atom. The van der Waals surface area contributed by atoms with Crippen LogP contribution in [0.15, 0.2) is 30.3 Å². The number of benzene rings is 1. The van der Waals surface area contributed by atoms with Crippen LogP contribution in [-0.2, 0) is 0 Å². The third-order valence-corrected chi connectivity index (χ3v) is 2.59. The van der Waals surface area contributed by atoms with Crippen LogP contribution in [0.1, 0.15) is 6.92 Å². The molecule has 1 aromatic carbocycles. The number of nitrogens with zero attached hydrogens (tertiary/aromatic N) is 2. The second kappa shape index (κ2) is 6.24. The average Bonchev–Trinajstić information content (AvgIpc) is 2.39. The molecule has 5 nitrogen and oxygen atoms in total. The summed E-state index contributed by atoms with van der Waals surface area (Å²) < 4.78 is 5.10. The summed E-state index contributed by atoms with van der Waals surface area (Å²) in [6, 6.07) is 9.17. The van der Waals surface area contributed by atoms with Crippen molar-refractivity contribution >= 4 is 29.1 Å². The van der Waals surface area contributed by atoms with Crippen molar-refractivity contribution in [2.24, 2.45) is 0 Å². The summed E-state index contributed by atoms with van der Waals surface area (Å²) in [5.41, 5.74) is 0.866. The van der Waals surface area contributed by atoms with Gasteiger partial charge in [0.15, 0.2) is 0 Å². The minimum atomic E-state index is 0.391. The van der Waals surface area contributed by atoms with E-state index in [-0.39, 0.29) is 0 Å². The Morgan fingerprint density at radius 1 is 1.21 bits per heavy atom. The van der Waals surface area contributed by atoms with Crippen molar-refractivity contribution in [3.63, 3.8) is 0 Å². The van der Waals surface area contributed by atoms with E-state index in [1.807, 2.05) is 31.2 Å². The fourth-order valence-electron chi connectivity index (χ4n) is 1.55. The number of hydrogen-bond donors (Lipinski definition) is 2. The lowest BCUT2D eigenvalue weighted by Gasteiger charge is -2.08. The van der Waals surface area contributed by atoms with Gasteiger partial charge < -0.3 is 15.4 Å². The Kier molecular flexibility index (Phi) is 4.41. The molecule has 0 unspecified atom stereocenters. The van der Waals surface area contributed by atoms with E-state index in [4.69, 9.17) is 16.3 Å². The van der Waals surface area contributed by atoms with Gasteiger partial charge in [0, 0.05) is 18.3 Å². The number of anilines is 3. The lowest BCUT2D eigenvalue weighted by molar-refractivity contribution is 0.415. The van der Waals surface area contributed by atoms with Gasteiger partial charge in [0.1, 0.15) is 16.7 Å². The first-order valence-electron chi connectivity index (χ1n) is 5.91. The van der Waals surface area contributed by atoms with Crippen LogP contribution in [0.3, 0.4) is 0 Å². The van der Waals surface area contributed by atoms with Crippen LogP contribution >= 0.6 is 11.6 Å². The van der Waals surface area contributed by atoms with Gasteiger partial charge in [-0.15, -0.1) is 0 Å². The summed E-state index contributed by atoms with van der Waals surface area (Å²) in [5, 5.41) is 6.58. The maximum absolute atomic E-state index is 5.95. The van der Waals surface area contributed by atoms with Crippen molar-refractivity contribution < 1.29 is 4.74 Å². The van der Waals surface area contributed by atoms with Gasteiger partial charge in [0.2, 0.25) is 5.95 Å². The molecule has 2 aromatic rings. The summed E-state index contributed by atoms with van der Waals surface area (Å²) in [5.74, 6) is 1.94. The average molecular weight is 279 g/mol. The highest BCUT2D eigenvalue weighted by atomic mass is 35.5. The zero-order valence-electron chi connectivity index (χ0n) is 10.8. The minimum Gasteiger partial charge on any atom is -0.497 e. The van der Waals surface area contributed by atoms with Crippen LogP contribution in [-0.4, -0.2) is 23.6 Å². The highest BCUT2D eigenvalue weighted by Crippen LogP contribution is 2.20. The molecule has 0 bridgehead atoms. The highest BCUT2D eigenvalue weighted by Gasteiger charge is 2.03. The molecule has 0 aliphatic rings. The van der Waals surface area contributed by atoms with Crippen LogP contribution in [0.2, 0.25) is 5.15 Å². The van der Waals surface area contributed by atoms with Gasteiger partial charge in [0.05, 0.1) is 7.11 Å². The predicted octanol–water partition coefficient (Wildman–Crippen LogP) is 3.31. The third-order valence-electron chi connectivity index (χ3n) is 2.40. The number of halogens is 1. The largest absolute Gasteiger partial charge is 0.497 e. The van der Waals surface area contributed by atoms with Crippen LogP contribution < -0.4 is 15.4 Å². The second-order valence-corrected chi connectivity index (χ2v) is 4.17. The molecule has 1 heterocycles. The monoisotopic (exact) mass is 278 g/mol. The summed E-state index contributed by atoms with van der Waals surface area (Å²) in [6.07, 6.45) is 0. The molecule has 100 valence electrons. The van der Waals surface area contributed by atoms with Gasteiger partial charge in [-0.2, -0.15) is 4.98 Å². The maximum atomic E-state index is 5.95. The van der Waals surface area contributed by atoms with Gasteiger partial charge >= 0.3 is 0 Å². The smallest absolute Gasteiger partial charge is 0.230 e. The molecule has 0 aliphatic heterocycles. The molecular weight excluding hydrogens is 264 g/mol. The number of rotatable bonds is 5. The van der Waals surface area contributed by atoms with E-state index in [9.17, 15) is 0 Å². The molecule has 1 aromatic heterocycles. The molecule has 0 radical (unpaired) electrons. The molecule has 0 amide bonds. The van der Waals surface area contributed by atoms with E-state index in [1.165, 1.54) is 0 Å². The standard InChI is InChI=1S/C13H15ClN4O/c1-3-15-12-8-11(14)17-13(18-12)16-9-4-6-10(19-2)7-5-9/h4-8H,3H2,1-2H3,(H2,15,16,17,18). The van der Waals surface area contributed by atoms with Crippen LogP contribution in [0.5, 0.6) is 5.75 Å². The summed E-state index contributed by atoms with van der Waals surface area (Å²) in [6.45, 7) is 2.77. The highest BCUT2D eigenvalue weighted by molar-refractivity contribution is 6.29. The van der Waals surface area contributed by atoms with E-state index < -0.39 is 0 Å². The quantitative estimate of drug-likeness (QED) is 0.822. The fourth-order valence-corrected chi connectivity index (χ4v) is 1.73. The van der Waals surface area contributed by atoms with Crippen molar-refractivity contribution in [3.8, 4) is 5.75 Å². The molecule has 6 heteroatoms. The Morgan fingerprint density at radius 3 is 2.58 bits per heavy atom. The van der Waals surface area contributed by atoms with Crippen LogP contribution in [0.25, 0.3) is 0 Å². The predicted molar refractivity (Wildman–Crippen MR) is 77.5 cm³/mol. The minimum absolute atomic E-state index is 0.391. The van der Waals surface area contributed by atoms with Crippen molar-refractivity contribution in [2.75, 3.05) is 24.3 Å². The van der Waals surface area contributed by atoms with Crippen molar-refractivity contribution in [1.29, 1.82) is 0 Å².